The van der Waals surface area contributed by atoms with Crippen LogP contribution in [-0.4, -0.2) is 11.3 Å². The summed E-state index contributed by atoms with van der Waals surface area (Å²) >= 11 is 0. The van der Waals surface area contributed by atoms with E-state index in [1.165, 1.54) is 37.4 Å². The molecule has 0 aliphatic heterocycles. The van der Waals surface area contributed by atoms with Crippen molar-refractivity contribution in [2.75, 3.05) is 0 Å². The summed E-state index contributed by atoms with van der Waals surface area (Å²) in [5.74, 6) is -0.932. The molecule has 6 heteroatoms. The maximum absolute atomic E-state index is 13.0. The van der Waals surface area contributed by atoms with Crippen LogP contribution in [0.15, 0.2) is 36.5 Å². The minimum atomic E-state index is -4.74. The van der Waals surface area contributed by atoms with Gasteiger partial charge in [0.05, 0.1) is 0 Å². The third-order valence-electron chi connectivity index (χ3n) is 2.42. The topological polar surface area (TPSA) is 22.1 Å². The number of pyridine rings is 1. The molecule has 1 aromatic heterocycles. The quantitative estimate of drug-likeness (QED) is 0.606. The highest BCUT2D eigenvalue weighted by molar-refractivity contribution is 5.64. The maximum atomic E-state index is 13.0. The van der Waals surface area contributed by atoms with E-state index in [1.54, 1.807) is 6.07 Å². The molecule has 0 saturated carbocycles. The van der Waals surface area contributed by atoms with Crippen LogP contribution >= 0.6 is 0 Å². The van der Waals surface area contributed by atoms with Gasteiger partial charge in [-0.2, -0.15) is 4.39 Å². The Morgan fingerprint density at radius 3 is 2.47 bits per heavy atom. The molecular formula is C13H9F4NO. The minimum Gasteiger partial charge on any atom is -0.406 e. The Morgan fingerprint density at radius 2 is 1.84 bits per heavy atom. The van der Waals surface area contributed by atoms with E-state index in [0.717, 1.165) is 0 Å². The first-order valence-corrected chi connectivity index (χ1v) is 5.33. The first-order chi connectivity index (χ1) is 8.85. The van der Waals surface area contributed by atoms with E-state index in [9.17, 15) is 17.6 Å². The molecule has 1 heterocycles. The lowest BCUT2D eigenvalue weighted by Crippen LogP contribution is -2.17. The number of rotatable bonds is 2. The van der Waals surface area contributed by atoms with Crippen molar-refractivity contribution in [2.45, 2.75) is 13.3 Å². The minimum absolute atomic E-state index is 0.319. The van der Waals surface area contributed by atoms with Crippen LogP contribution in [0.5, 0.6) is 5.75 Å². The molecule has 0 spiro atoms. The first kappa shape index (κ1) is 13.3. The zero-order chi connectivity index (χ0) is 14.0. The van der Waals surface area contributed by atoms with Crippen molar-refractivity contribution in [3.63, 3.8) is 0 Å². The van der Waals surface area contributed by atoms with Gasteiger partial charge in [0.15, 0.2) is 0 Å². The molecule has 0 fully saturated rings. The average Bonchev–Trinajstić information content (AvgIpc) is 2.31. The highest BCUT2D eigenvalue weighted by atomic mass is 19.4. The van der Waals surface area contributed by atoms with Gasteiger partial charge in [-0.1, -0.05) is 12.1 Å². The maximum Gasteiger partial charge on any atom is 0.573 e. The third kappa shape index (κ3) is 3.43. The van der Waals surface area contributed by atoms with Crippen molar-refractivity contribution >= 4 is 0 Å². The molecule has 0 unspecified atom stereocenters. The van der Waals surface area contributed by atoms with Gasteiger partial charge in [-0.25, -0.2) is 4.98 Å². The molecule has 0 aliphatic carbocycles. The molecular weight excluding hydrogens is 262 g/mol. The zero-order valence-corrected chi connectivity index (χ0v) is 9.83. The number of hydrogen-bond acceptors (Lipinski definition) is 2. The lowest BCUT2D eigenvalue weighted by Gasteiger charge is -2.10. The number of nitrogens with zero attached hydrogens (tertiary/aromatic N) is 1. The highest BCUT2D eigenvalue weighted by Crippen LogP contribution is 2.28. The second-order valence-corrected chi connectivity index (χ2v) is 3.91. The number of hydrogen-bond donors (Lipinski definition) is 0. The van der Waals surface area contributed by atoms with Gasteiger partial charge < -0.3 is 4.74 Å². The summed E-state index contributed by atoms with van der Waals surface area (Å²) in [5, 5.41) is 0. The van der Waals surface area contributed by atoms with Crippen LogP contribution in [0, 0.1) is 12.9 Å². The van der Waals surface area contributed by atoms with Gasteiger partial charge in [-0.05, 0) is 30.7 Å². The third-order valence-corrected chi connectivity index (χ3v) is 2.42. The Kier molecular flexibility index (Phi) is 3.42. The predicted octanol–water partition coefficient (Wildman–Crippen LogP) is 4.09. The SMILES string of the molecule is Cc1cc(-c2cccc(OC(F)(F)F)c2)cnc1F. The van der Waals surface area contributed by atoms with Gasteiger partial charge in [-0.3, -0.25) is 0 Å². The van der Waals surface area contributed by atoms with Crippen molar-refractivity contribution in [2.24, 2.45) is 0 Å². The highest BCUT2D eigenvalue weighted by Gasteiger charge is 2.31. The van der Waals surface area contributed by atoms with Gasteiger partial charge in [0, 0.05) is 17.3 Å². The number of halogens is 4. The molecule has 0 bridgehead atoms. The molecule has 2 rings (SSSR count). The Balaban J connectivity index is 2.35. The second kappa shape index (κ2) is 4.87. The fraction of sp³-hybridized carbons (Fsp3) is 0.154. The summed E-state index contributed by atoms with van der Waals surface area (Å²) in [6.45, 7) is 1.53. The lowest BCUT2D eigenvalue weighted by molar-refractivity contribution is -0.274. The van der Waals surface area contributed by atoms with Crippen LogP contribution in [0.2, 0.25) is 0 Å². The smallest absolute Gasteiger partial charge is 0.406 e. The number of aryl methyl sites for hydroxylation is 1. The van der Waals surface area contributed by atoms with Gasteiger partial charge in [0.2, 0.25) is 5.95 Å². The van der Waals surface area contributed by atoms with E-state index < -0.39 is 12.3 Å². The van der Waals surface area contributed by atoms with Gasteiger partial charge in [0.25, 0.3) is 0 Å². The Hall–Kier alpha value is -2.11. The van der Waals surface area contributed by atoms with Gasteiger partial charge in [-0.15, -0.1) is 13.2 Å². The molecule has 0 atom stereocenters. The Bertz CT molecular complexity index is 595. The van der Waals surface area contributed by atoms with Crippen molar-refractivity contribution in [3.8, 4) is 16.9 Å². The second-order valence-electron chi connectivity index (χ2n) is 3.91. The summed E-state index contributed by atoms with van der Waals surface area (Å²) in [6.07, 6.45) is -3.48. The number of alkyl halides is 3. The molecule has 0 N–H and O–H groups in total. The standard InChI is InChI=1S/C13H9F4NO/c1-8-5-10(7-18-12(8)14)9-3-2-4-11(6-9)19-13(15,16)17/h2-7H,1H3. The Labute approximate surface area is 106 Å². The number of aromatic nitrogens is 1. The predicted molar refractivity (Wildman–Crippen MR) is 61.1 cm³/mol. The summed E-state index contributed by atoms with van der Waals surface area (Å²) < 4.78 is 53.2. The van der Waals surface area contributed by atoms with Crippen molar-refractivity contribution in [1.29, 1.82) is 0 Å². The number of ether oxygens (including phenoxy) is 1. The van der Waals surface area contributed by atoms with E-state index in [2.05, 4.69) is 9.72 Å². The van der Waals surface area contributed by atoms with Crippen LogP contribution < -0.4 is 4.74 Å². The van der Waals surface area contributed by atoms with E-state index in [1.807, 2.05) is 0 Å². The molecule has 2 nitrogen and oxygen atoms in total. The van der Waals surface area contributed by atoms with E-state index in [-0.39, 0.29) is 5.75 Å². The molecule has 0 amide bonds. The van der Waals surface area contributed by atoms with Gasteiger partial charge in [0.1, 0.15) is 5.75 Å². The van der Waals surface area contributed by atoms with Crippen LogP contribution in [0.1, 0.15) is 5.56 Å². The van der Waals surface area contributed by atoms with Crippen LogP contribution in [-0.2, 0) is 0 Å². The van der Waals surface area contributed by atoms with Crippen LogP contribution in [0.25, 0.3) is 11.1 Å². The fourth-order valence-corrected chi connectivity index (χ4v) is 1.59. The molecule has 0 saturated heterocycles. The van der Waals surface area contributed by atoms with Crippen molar-refractivity contribution in [1.82, 2.24) is 4.98 Å². The lowest BCUT2D eigenvalue weighted by atomic mass is 10.1. The van der Waals surface area contributed by atoms with E-state index in [4.69, 9.17) is 0 Å². The molecule has 1 aromatic carbocycles. The van der Waals surface area contributed by atoms with Crippen molar-refractivity contribution in [3.05, 3.63) is 48.0 Å². The van der Waals surface area contributed by atoms with E-state index in [0.29, 0.717) is 16.7 Å². The molecule has 19 heavy (non-hydrogen) atoms. The normalized spacial score (nSPS) is 11.4. The zero-order valence-electron chi connectivity index (χ0n) is 9.83. The van der Waals surface area contributed by atoms with Crippen molar-refractivity contribution < 1.29 is 22.3 Å². The summed E-state index contributed by atoms with van der Waals surface area (Å²) in [5.41, 5.74) is 1.31. The number of benzene rings is 1. The molecule has 2 aromatic rings. The van der Waals surface area contributed by atoms with Gasteiger partial charge >= 0.3 is 6.36 Å². The van der Waals surface area contributed by atoms with E-state index >= 15 is 0 Å². The summed E-state index contributed by atoms with van der Waals surface area (Å²) in [7, 11) is 0. The first-order valence-electron chi connectivity index (χ1n) is 5.33. The molecule has 0 aliphatic rings. The molecule has 100 valence electrons. The average molecular weight is 271 g/mol. The largest absolute Gasteiger partial charge is 0.573 e. The summed E-state index contributed by atoms with van der Waals surface area (Å²) in [4.78, 5) is 3.53. The Morgan fingerprint density at radius 1 is 1.11 bits per heavy atom. The molecule has 0 radical (unpaired) electrons. The fourth-order valence-electron chi connectivity index (χ4n) is 1.59. The monoisotopic (exact) mass is 271 g/mol. The van der Waals surface area contributed by atoms with Crippen LogP contribution in [0.4, 0.5) is 17.6 Å². The van der Waals surface area contributed by atoms with Crippen LogP contribution in [0.3, 0.4) is 0 Å². The summed E-state index contributed by atoms with van der Waals surface area (Å²) in [6, 6.07) is 6.95.